The third-order valence-electron chi connectivity index (χ3n) is 4.57. The molecule has 0 aliphatic carbocycles. The maximum Gasteiger partial charge on any atom is 0.183 e. The molecule has 4 nitrogen and oxygen atoms in total. The van der Waals surface area contributed by atoms with Crippen LogP contribution in [0.25, 0.3) is 0 Å². The molecule has 0 unspecified atom stereocenters. The molecule has 0 saturated heterocycles. The average Bonchev–Trinajstić information content (AvgIpc) is 2.52. The molecule has 2 N–H and O–H groups in total. The zero-order chi connectivity index (χ0) is 17.2. The summed E-state index contributed by atoms with van der Waals surface area (Å²) in [6.07, 6.45) is 14.8. The van der Waals surface area contributed by atoms with E-state index in [2.05, 4.69) is 6.92 Å². The number of aliphatic hydroxyl groups is 2. The first-order chi connectivity index (χ1) is 11.2. The van der Waals surface area contributed by atoms with E-state index in [1.54, 1.807) is 0 Å². The standard InChI is InChI=1S/C19H42NO3.ClH/c1-3-4-5-6-7-8-9-10-11-12-13-18-23-19-20(2,14-16-21)15-17-22;/h21-22H,3-19H2,1-2H3;1H/q+1;/p-1. The number of unbranched alkanes of at least 4 members (excludes halogenated alkanes) is 10. The molecule has 5 heteroatoms. The van der Waals surface area contributed by atoms with Crippen LogP contribution in [0.5, 0.6) is 0 Å². The van der Waals surface area contributed by atoms with E-state index in [1.807, 2.05) is 7.05 Å². The first-order valence-corrected chi connectivity index (χ1v) is 9.81. The van der Waals surface area contributed by atoms with Gasteiger partial charge in [0.15, 0.2) is 6.73 Å². The molecule has 0 bridgehead atoms. The lowest BCUT2D eigenvalue weighted by Crippen LogP contribution is -3.00. The van der Waals surface area contributed by atoms with E-state index < -0.39 is 0 Å². The van der Waals surface area contributed by atoms with Gasteiger partial charge in [0, 0.05) is 0 Å². The Morgan fingerprint density at radius 1 is 0.708 bits per heavy atom. The maximum absolute atomic E-state index is 9.08. The quantitative estimate of drug-likeness (QED) is 0.213. The first kappa shape index (κ1) is 26.4. The highest BCUT2D eigenvalue weighted by Gasteiger charge is 2.20. The predicted molar refractivity (Wildman–Crippen MR) is 97.4 cm³/mol. The van der Waals surface area contributed by atoms with E-state index in [-0.39, 0.29) is 25.6 Å². The number of rotatable bonds is 18. The van der Waals surface area contributed by atoms with Crippen molar-refractivity contribution in [3.63, 3.8) is 0 Å². The second-order valence-electron chi connectivity index (χ2n) is 7.09. The Hall–Kier alpha value is 0.130. The van der Waals surface area contributed by atoms with Crippen LogP contribution in [0.4, 0.5) is 0 Å². The lowest BCUT2D eigenvalue weighted by molar-refractivity contribution is -0.928. The molecule has 0 amide bonds. The van der Waals surface area contributed by atoms with Crippen molar-refractivity contribution in [3.05, 3.63) is 0 Å². The van der Waals surface area contributed by atoms with Gasteiger partial charge in [0.1, 0.15) is 13.1 Å². The number of quaternary nitrogens is 1. The Kier molecular flexibility index (Phi) is 21.4. The normalized spacial score (nSPS) is 11.5. The van der Waals surface area contributed by atoms with Gasteiger partial charge in [-0.2, -0.15) is 0 Å². The van der Waals surface area contributed by atoms with E-state index in [0.717, 1.165) is 13.0 Å². The summed E-state index contributed by atoms with van der Waals surface area (Å²) < 4.78 is 6.32. The summed E-state index contributed by atoms with van der Waals surface area (Å²) in [4.78, 5) is 0. The van der Waals surface area contributed by atoms with Crippen molar-refractivity contribution in [2.45, 2.75) is 77.6 Å². The second-order valence-corrected chi connectivity index (χ2v) is 7.09. The number of likely N-dealkylation sites (N-methyl/N-ethyl adjacent to an activating group) is 1. The zero-order valence-corrected chi connectivity index (χ0v) is 16.9. The van der Waals surface area contributed by atoms with Crippen molar-refractivity contribution < 1.29 is 31.8 Å². The smallest absolute Gasteiger partial charge is 0.183 e. The number of hydrogen-bond acceptors (Lipinski definition) is 3. The first-order valence-electron chi connectivity index (χ1n) is 9.81. The van der Waals surface area contributed by atoms with Gasteiger partial charge in [0.25, 0.3) is 0 Å². The van der Waals surface area contributed by atoms with Crippen molar-refractivity contribution in [2.24, 2.45) is 0 Å². The Morgan fingerprint density at radius 3 is 1.54 bits per heavy atom. The van der Waals surface area contributed by atoms with Crippen LogP contribution < -0.4 is 12.4 Å². The van der Waals surface area contributed by atoms with E-state index in [4.69, 9.17) is 14.9 Å². The molecule has 0 aromatic rings. The van der Waals surface area contributed by atoms with Crippen molar-refractivity contribution in [3.8, 4) is 0 Å². The van der Waals surface area contributed by atoms with E-state index >= 15 is 0 Å². The minimum atomic E-state index is 0. The zero-order valence-electron chi connectivity index (χ0n) is 16.1. The molecule has 0 aromatic carbocycles. The molecule has 0 atom stereocenters. The molecule has 148 valence electrons. The lowest BCUT2D eigenvalue weighted by Gasteiger charge is -2.32. The molecule has 0 spiro atoms. The number of halogens is 1. The Labute approximate surface area is 156 Å². The van der Waals surface area contributed by atoms with Crippen LogP contribution in [0, 0.1) is 0 Å². The summed E-state index contributed by atoms with van der Waals surface area (Å²) in [6.45, 7) is 5.19. The highest BCUT2D eigenvalue weighted by molar-refractivity contribution is 4.48. The molecule has 24 heavy (non-hydrogen) atoms. The van der Waals surface area contributed by atoms with Crippen molar-refractivity contribution in [2.75, 3.05) is 46.7 Å². The highest BCUT2D eigenvalue weighted by Crippen LogP contribution is 2.11. The van der Waals surface area contributed by atoms with Crippen LogP contribution in [0.1, 0.15) is 77.6 Å². The fraction of sp³-hybridized carbons (Fsp3) is 1.00. The average molecular weight is 368 g/mol. The molecule has 0 heterocycles. The van der Waals surface area contributed by atoms with E-state index in [0.29, 0.717) is 24.3 Å². The molecular formula is C19H42ClNO3. The number of hydrogen-bond donors (Lipinski definition) is 2. The fourth-order valence-electron chi connectivity index (χ4n) is 2.88. The van der Waals surface area contributed by atoms with Gasteiger partial charge in [-0.15, -0.1) is 0 Å². The van der Waals surface area contributed by atoms with Gasteiger partial charge >= 0.3 is 0 Å². The summed E-state index contributed by atoms with van der Waals surface area (Å²) in [6, 6.07) is 0. The topological polar surface area (TPSA) is 49.7 Å². The van der Waals surface area contributed by atoms with Crippen LogP contribution in [0.3, 0.4) is 0 Å². The summed E-state index contributed by atoms with van der Waals surface area (Å²) in [5.41, 5.74) is 0. The minimum absolute atomic E-state index is 0. The van der Waals surface area contributed by atoms with Gasteiger partial charge in [-0.3, -0.25) is 4.48 Å². The summed E-state index contributed by atoms with van der Waals surface area (Å²) in [7, 11) is 2.02. The lowest BCUT2D eigenvalue weighted by atomic mass is 10.1. The van der Waals surface area contributed by atoms with Gasteiger partial charge in [0.2, 0.25) is 0 Å². The van der Waals surface area contributed by atoms with Gasteiger partial charge in [-0.25, -0.2) is 0 Å². The molecular weight excluding hydrogens is 326 g/mol. The monoisotopic (exact) mass is 367 g/mol. The molecule has 0 aliphatic heterocycles. The van der Waals surface area contributed by atoms with Crippen LogP contribution in [0.2, 0.25) is 0 Å². The van der Waals surface area contributed by atoms with E-state index in [9.17, 15) is 0 Å². The van der Waals surface area contributed by atoms with Crippen LogP contribution >= 0.6 is 0 Å². The number of aliphatic hydroxyl groups excluding tert-OH is 2. The van der Waals surface area contributed by atoms with Gasteiger partial charge in [-0.1, -0.05) is 71.1 Å². The Balaban J connectivity index is 0. The summed E-state index contributed by atoms with van der Waals surface area (Å²) in [5.74, 6) is 0. The third-order valence-corrected chi connectivity index (χ3v) is 4.57. The third kappa shape index (κ3) is 17.0. The van der Waals surface area contributed by atoms with Crippen LogP contribution in [0.15, 0.2) is 0 Å². The molecule has 0 radical (unpaired) electrons. The van der Waals surface area contributed by atoms with Crippen molar-refractivity contribution >= 4 is 0 Å². The predicted octanol–water partition coefficient (Wildman–Crippen LogP) is 0.707. The van der Waals surface area contributed by atoms with Gasteiger partial charge in [-0.05, 0) is 6.42 Å². The van der Waals surface area contributed by atoms with Crippen molar-refractivity contribution in [1.29, 1.82) is 0 Å². The summed E-state index contributed by atoms with van der Waals surface area (Å²) in [5, 5.41) is 18.2. The summed E-state index contributed by atoms with van der Waals surface area (Å²) >= 11 is 0. The molecule has 0 saturated carbocycles. The molecule has 0 aliphatic rings. The minimum Gasteiger partial charge on any atom is -1.00 e. The SMILES string of the molecule is CCCCCCCCCCCCCOC[N+](C)(CCO)CCO.[Cl-]. The van der Waals surface area contributed by atoms with Gasteiger partial charge < -0.3 is 27.4 Å². The number of ether oxygens (including phenoxy) is 1. The van der Waals surface area contributed by atoms with Crippen LogP contribution in [-0.2, 0) is 4.74 Å². The number of nitrogens with zero attached hydrogens (tertiary/aromatic N) is 1. The highest BCUT2D eigenvalue weighted by atomic mass is 35.5. The maximum atomic E-state index is 9.08. The van der Waals surface area contributed by atoms with Crippen LogP contribution in [-0.4, -0.2) is 61.4 Å². The van der Waals surface area contributed by atoms with E-state index in [1.165, 1.54) is 64.2 Å². The Morgan fingerprint density at radius 2 is 1.12 bits per heavy atom. The Bertz CT molecular complexity index is 237. The second kappa shape index (κ2) is 19.5. The fourth-order valence-corrected chi connectivity index (χ4v) is 2.88. The molecule has 0 fully saturated rings. The largest absolute Gasteiger partial charge is 1.00 e. The van der Waals surface area contributed by atoms with Crippen molar-refractivity contribution in [1.82, 2.24) is 0 Å². The molecule has 0 aromatic heterocycles. The van der Waals surface area contributed by atoms with Gasteiger partial charge in [0.05, 0.1) is 26.9 Å². The molecule has 0 rings (SSSR count).